The number of benzene rings is 2. The molecule has 0 aliphatic carbocycles. The molecule has 7 nitrogen and oxygen atoms in total. The van der Waals surface area contributed by atoms with Crippen molar-refractivity contribution in [2.45, 2.75) is 19.8 Å². The fourth-order valence-electron chi connectivity index (χ4n) is 3.44. The lowest BCUT2D eigenvalue weighted by Gasteiger charge is -2.35. The van der Waals surface area contributed by atoms with Gasteiger partial charge in [-0.1, -0.05) is 13.3 Å². The second-order valence-electron chi connectivity index (χ2n) is 7.58. The molecule has 0 spiro atoms. The Balaban J connectivity index is 1.42. The number of amides is 1. The third-order valence-corrected chi connectivity index (χ3v) is 5.31. The molecular weight excluding hydrogens is 394 g/mol. The van der Waals surface area contributed by atoms with Gasteiger partial charge in [-0.15, -0.1) is 0 Å². The number of methoxy groups -OCH3 is 1. The van der Waals surface area contributed by atoms with Crippen molar-refractivity contribution in [3.05, 3.63) is 54.1 Å². The number of hydrogen-bond acceptors (Lipinski definition) is 6. The van der Waals surface area contributed by atoms with Crippen molar-refractivity contribution in [1.82, 2.24) is 4.90 Å². The van der Waals surface area contributed by atoms with Crippen LogP contribution in [0.3, 0.4) is 0 Å². The molecule has 166 valence electrons. The molecule has 1 heterocycles. The van der Waals surface area contributed by atoms with E-state index in [1.165, 1.54) is 5.69 Å². The molecule has 1 aliphatic rings. The minimum Gasteiger partial charge on any atom is -0.497 e. The third kappa shape index (κ3) is 6.72. The topological polar surface area (TPSA) is 71.1 Å². The van der Waals surface area contributed by atoms with Crippen LogP contribution in [0.25, 0.3) is 0 Å². The summed E-state index contributed by atoms with van der Waals surface area (Å²) in [5.74, 6) is 0.456. The summed E-state index contributed by atoms with van der Waals surface area (Å²) in [5.41, 5.74) is 2.33. The summed E-state index contributed by atoms with van der Waals surface area (Å²) in [4.78, 5) is 28.8. The summed E-state index contributed by atoms with van der Waals surface area (Å²) in [6, 6.07) is 14.9. The van der Waals surface area contributed by atoms with Crippen LogP contribution in [0.1, 0.15) is 30.1 Å². The predicted octanol–water partition coefficient (Wildman–Crippen LogP) is 3.41. The average molecular weight is 426 g/mol. The van der Waals surface area contributed by atoms with E-state index in [1.807, 2.05) is 19.1 Å². The SMILES string of the molecule is CCCCOC(=O)c1ccc(NC(=O)CN2CCN(c3ccc(OC)cc3)CC2)cc1. The number of carbonyl (C=O) groups excluding carboxylic acids is 2. The highest BCUT2D eigenvalue weighted by atomic mass is 16.5. The van der Waals surface area contributed by atoms with Gasteiger partial charge in [0.05, 0.1) is 25.8 Å². The molecule has 1 N–H and O–H groups in total. The molecule has 0 radical (unpaired) electrons. The first-order valence-corrected chi connectivity index (χ1v) is 10.8. The van der Waals surface area contributed by atoms with Gasteiger partial charge >= 0.3 is 5.97 Å². The Bertz CT molecular complexity index is 844. The summed E-state index contributed by atoms with van der Waals surface area (Å²) >= 11 is 0. The molecule has 1 saturated heterocycles. The van der Waals surface area contributed by atoms with Crippen LogP contribution < -0.4 is 15.0 Å². The number of carbonyl (C=O) groups is 2. The zero-order valence-corrected chi connectivity index (χ0v) is 18.3. The first-order chi connectivity index (χ1) is 15.1. The summed E-state index contributed by atoms with van der Waals surface area (Å²) in [6.45, 7) is 6.20. The van der Waals surface area contributed by atoms with Gasteiger partial charge in [-0.05, 0) is 55.0 Å². The highest BCUT2D eigenvalue weighted by Gasteiger charge is 2.19. The molecule has 1 aliphatic heterocycles. The van der Waals surface area contributed by atoms with Crippen molar-refractivity contribution in [2.75, 3.05) is 56.7 Å². The van der Waals surface area contributed by atoms with Gasteiger partial charge in [0.2, 0.25) is 5.91 Å². The second-order valence-corrected chi connectivity index (χ2v) is 7.58. The molecule has 0 bridgehead atoms. The minimum atomic E-state index is -0.332. The monoisotopic (exact) mass is 425 g/mol. The first-order valence-electron chi connectivity index (χ1n) is 10.8. The number of ether oxygens (including phenoxy) is 2. The molecule has 1 amide bonds. The number of esters is 1. The largest absolute Gasteiger partial charge is 0.497 e. The van der Waals surface area contributed by atoms with Crippen molar-refractivity contribution < 1.29 is 19.1 Å². The van der Waals surface area contributed by atoms with E-state index in [1.54, 1.807) is 31.4 Å². The normalized spacial score (nSPS) is 14.2. The van der Waals surface area contributed by atoms with Gasteiger partial charge in [0, 0.05) is 37.6 Å². The van der Waals surface area contributed by atoms with Crippen LogP contribution in [0, 0.1) is 0 Å². The Hall–Kier alpha value is -3.06. The fraction of sp³-hybridized carbons (Fsp3) is 0.417. The van der Waals surface area contributed by atoms with Crippen LogP contribution in [0.5, 0.6) is 5.75 Å². The zero-order chi connectivity index (χ0) is 22.1. The van der Waals surface area contributed by atoms with Gasteiger partial charge < -0.3 is 19.7 Å². The molecule has 0 unspecified atom stereocenters. The Kier molecular flexibility index (Phi) is 8.29. The molecule has 3 rings (SSSR count). The molecule has 2 aromatic carbocycles. The predicted molar refractivity (Wildman–Crippen MR) is 122 cm³/mol. The molecule has 0 aromatic heterocycles. The van der Waals surface area contributed by atoms with E-state index < -0.39 is 0 Å². The summed E-state index contributed by atoms with van der Waals surface area (Å²) in [6.07, 6.45) is 1.84. The van der Waals surface area contributed by atoms with Crippen LogP contribution in [0.2, 0.25) is 0 Å². The number of nitrogens with one attached hydrogen (secondary N) is 1. The molecule has 2 aromatic rings. The maximum Gasteiger partial charge on any atom is 0.338 e. The average Bonchev–Trinajstić information content (AvgIpc) is 2.80. The fourth-order valence-corrected chi connectivity index (χ4v) is 3.44. The van der Waals surface area contributed by atoms with E-state index in [2.05, 4.69) is 27.2 Å². The van der Waals surface area contributed by atoms with Crippen molar-refractivity contribution in [1.29, 1.82) is 0 Å². The number of nitrogens with zero attached hydrogens (tertiary/aromatic N) is 2. The van der Waals surface area contributed by atoms with Gasteiger partial charge in [0.15, 0.2) is 0 Å². The van der Waals surface area contributed by atoms with E-state index in [0.717, 1.165) is 44.8 Å². The van der Waals surface area contributed by atoms with Crippen LogP contribution in [0.15, 0.2) is 48.5 Å². The molecule has 31 heavy (non-hydrogen) atoms. The van der Waals surface area contributed by atoms with Crippen molar-refractivity contribution in [2.24, 2.45) is 0 Å². The first kappa shape index (κ1) is 22.6. The summed E-state index contributed by atoms with van der Waals surface area (Å²) in [5, 5.41) is 2.90. The number of anilines is 2. The number of hydrogen-bond donors (Lipinski definition) is 1. The van der Waals surface area contributed by atoms with Crippen LogP contribution in [-0.2, 0) is 9.53 Å². The van der Waals surface area contributed by atoms with E-state index in [9.17, 15) is 9.59 Å². The van der Waals surface area contributed by atoms with Gasteiger partial charge in [0.25, 0.3) is 0 Å². The molecule has 7 heteroatoms. The van der Waals surface area contributed by atoms with Crippen molar-refractivity contribution in [3.8, 4) is 5.75 Å². The van der Waals surface area contributed by atoms with Gasteiger partial charge in [-0.2, -0.15) is 0 Å². The highest BCUT2D eigenvalue weighted by Crippen LogP contribution is 2.20. The zero-order valence-electron chi connectivity index (χ0n) is 18.3. The third-order valence-electron chi connectivity index (χ3n) is 5.31. The lowest BCUT2D eigenvalue weighted by Crippen LogP contribution is -2.48. The van der Waals surface area contributed by atoms with Crippen LogP contribution in [-0.4, -0.2) is 63.2 Å². The maximum absolute atomic E-state index is 12.4. The number of piperazine rings is 1. The van der Waals surface area contributed by atoms with E-state index >= 15 is 0 Å². The maximum atomic E-state index is 12.4. The number of unbranched alkanes of at least 4 members (excludes halogenated alkanes) is 1. The standard InChI is InChI=1S/C24H31N3O4/c1-3-4-17-31-24(29)19-5-7-20(8-6-19)25-23(28)18-26-13-15-27(16-14-26)21-9-11-22(30-2)12-10-21/h5-12H,3-4,13-18H2,1-2H3,(H,25,28). The summed E-state index contributed by atoms with van der Waals surface area (Å²) in [7, 11) is 1.66. The molecule has 0 atom stereocenters. The van der Waals surface area contributed by atoms with Crippen molar-refractivity contribution in [3.63, 3.8) is 0 Å². The molecule has 0 saturated carbocycles. The van der Waals surface area contributed by atoms with Gasteiger partial charge in [-0.25, -0.2) is 4.79 Å². The Morgan fingerprint density at radius 1 is 0.968 bits per heavy atom. The highest BCUT2D eigenvalue weighted by molar-refractivity contribution is 5.94. The van der Waals surface area contributed by atoms with Crippen LogP contribution >= 0.6 is 0 Å². The van der Waals surface area contributed by atoms with E-state index in [4.69, 9.17) is 9.47 Å². The van der Waals surface area contributed by atoms with E-state index in [-0.39, 0.29) is 11.9 Å². The minimum absolute atomic E-state index is 0.0591. The van der Waals surface area contributed by atoms with Gasteiger partial charge in [0.1, 0.15) is 5.75 Å². The lowest BCUT2D eigenvalue weighted by molar-refractivity contribution is -0.117. The smallest absolute Gasteiger partial charge is 0.338 e. The quantitative estimate of drug-likeness (QED) is 0.490. The summed E-state index contributed by atoms with van der Waals surface area (Å²) < 4.78 is 10.4. The van der Waals surface area contributed by atoms with Crippen LogP contribution in [0.4, 0.5) is 11.4 Å². The van der Waals surface area contributed by atoms with E-state index in [0.29, 0.717) is 24.4 Å². The van der Waals surface area contributed by atoms with Gasteiger partial charge in [-0.3, -0.25) is 9.69 Å². The number of rotatable bonds is 9. The van der Waals surface area contributed by atoms with Crippen molar-refractivity contribution >= 4 is 23.3 Å². The second kappa shape index (κ2) is 11.4. The Morgan fingerprint density at radius 3 is 2.26 bits per heavy atom. The molecule has 1 fully saturated rings. The Morgan fingerprint density at radius 2 is 1.65 bits per heavy atom. The molecular formula is C24H31N3O4. The lowest BCUT2D eigenvalue weighted by atomic mass is 10.2. The Labute approximate surface area is 183 Å².